The first kappa shape index (κ1) is 23.6. The average molecular weight is 530 g/mol. The van der Waals surface area contributed by atoms with Crippen LogP contribution in [-0.2, 0) is 12.0 Å². The molecule has 0 spiro atoms. The molecule has 0 unspecified atom stereocenters. The fourth-order valence-corrected chi connectivity index (χ4v) is 4.76. The number of halogens is 1. The molecule has 10 heteroatoms. The van der Waals surface area contributed by atoms with Crippen LogP contribution in [-0.4, -0.2) is 47.2 Å². The normalized spacial score (nSPS) is 14.2. The van der Waals surface area contributed by atoms with Gasteiger partial charge in [0.25, 0.3) is 0 Å². The number of urea groups is 1. The van der Waals surface area contributed by atoms with Crippen LogP contribution in [0.5, 0.6) is 0 Å². The number of carbonyl (C=O) groups is 1. The summed E-state index contributed by atoms with van der Waals surface area (Å²) in [6.45, 7) is 10.2. The second kappa shape index (κ2) is 10.1. The third-order valence-corrected chi connectivity index (χ3v) is 7.12. The van der Waals surface area contributed by atoms with Gasteiger partial charge in [0, 0.05) is 65.4 Å². The van der Waals surface area contributed by atoms with Crippen molar-refractivity contribution in [2.45, 2.75) is 32.7 Å². The summed E-state index contributed by atoms with van der Waals surface area (Å²) in [5.41, 5.74) is 3.56. The Morgan fingerprint density at radius 3 is 2.64 bits per heavy atom. The van der Waals surface area contributed by atoms with Crippen LogP contribution < -0.4 is 20.9 Å². The van der Waals surface area contributed by atoms with Gasteiger partial charge in [-0.3, -0.25) is 5.32 Å². The number of benzene rings is 1. The number of rotatable bonds is 6. The van der Waals surface area contributed by atoms with Gasteiger partial charge in [-0.2, -0.15) is 0 Å². The van der Waals surface area contributed by atoms with E-state index in [2.05, 4.69) is 77.7 Å². The molecule has 174 valence electrons. The van der Waals surface area contributed by atoms with E-state index in [-0.39, 0.29) is 11.4 Å². The number of nitrogens with zero attached hydrogens (tertiary/aromatic N) is 4. The fraction of sp³-hybridized carbons (Fsp3) is 0.391. The number of hydrogen-bond acceptors (Lipinski definition) is 7. The van der Waals surface area contributed by atoms with E-state index in [1.54, 1.807) is 6.20 Å². The summed E-state index contributed by atoms with van der Waals surface area (Å²) in [6.07, 6.45) is 1.79. The topological polar surface area (TPSA) is 95.1 Å². The maximum Gasteiger partial charge on any atom is 0.321 e. The molecule has 0 radical (unpaired) electrons. The van der Waals surface area contributed by atoms with Gasteiger partial charge >= 0.3 is 6.03 Å². The fourth-order valence-electron chi connectivity index (χ4n) is 3.62. The largest absolute Gasteiger partial charge is 0.338 e. The van der Waals surface area contributed by atoms with Crippen molar-refractivity contribution in [1.29, 1.82) is 0 Å². The zero-order chi connectivity index (χ0) is 23.4. The lowest BCUT2D eigenvalue weighted by molar-refractivity contribution is 0.251. The van der Waals surface area contributed by atoms with Gasteiger partial charge in [0.1, 0.15) is 0 Å². The maximum absolute atomic E-state index is 12.5. The number of hydrogen-bond donors (Lipinski definition) is 3. The molecule has 2 amide bonds. The Morgan fingerprint density at radius 2 is 1.94 bits per heavy atom. The molecule has 0 aliphatic carbocycles. The lowest BCUT2D eigenvalue weighted by atomic mass is 9.82. The summed E-state index contributed by atoms with van der Waals surface area (Å²) in [4.78, 5) is 28.4. The molecule has 3 aromatic rings. The highest BCUT2D eigenvalue weighted by Gasteiger charge is 2.26. The molecule has 4 rings (SSSR count). The number of piperazine rings is 1. The number of aryl methyl sites for hydroxylation is 1. The summed E-state index contributed by atoms with van der Waals surface area (Å²) in [6, 6.07) is 7.92. The predicted octanol–water partition coefficient (Wildman–Crippen LogP) is 4.06. The molecule has 0 atom stereocenters. The zero-order valence-electron chi connectivity index (χ0n) is 19.0. The quantitative estimate of drug-likeness (QED) is 0.445. The molecule has 0 saturated carbocycles. The molecule has 0 bridgehead atoms. The third kappa shape index (κ3) is 5.69. The van der Waals surface area contributed by atoms with Crippen LogP contribution in [0.4, 0.5) is 15.9 Å². The number of aromatic nitrogens is 3. The van der Waals surface area contributed by atoms with Crippen molar-refractivity contribution in [3.05, 3.63) is 62.8 Å². The maximum atomic E-state index is 12.5. The molecule has 1 aliphatic heterocycles. The molecule has 1 aromatic carbocycles. The van der Waals surface area contributed by atoms with Crippen molar-refractivity contribution in [3.63, 3.8) is 0 Å². The molecule has 2 aromatic heterocycles. The van der Waals surface area contributed by atoms with Gasteiger partial charge in [-0.1, -0.05) is 41.9 Å². The highest BCUT2D eigenvalue weighted by atomic mass is 79.9. The van der Waals surface area contributed by atoms with E-state index in [4.69, 9.17) is 0 Å². The van der Waals surface area contributed by atoms with E-state index in [9.17, 15) is 4.79 Å². The Hall–Kier alpha value is -2.56. The van der Waals surface area contributed by atoms with E-state index in [1.165, 1.54) is 11.3 Å². The van der Waals surface area contributed by atoms with Crippen LogP contribution in [0.1, 0.15) is 36.4 Å². The first-order chi connectivity index (χ1) is 15.8. The lowest BCUT2D eigenvalue weighted by Crippen LogP contribution is -2.44. The number of amides is 2. The van der Waals surface area contributed by atoms with Crippen LogP contribution in [0, 0.1) is 6.92 Å². The summed E-state index contributed by atoms with van der Waals surface area (Å²) in [5, 5.41) is 11.6. The first-order valence-electron chi connectivity index (χ1n) is 10.9. The Balaban J connectivity index is 1.34. The van der Waals surface area contributed by atoms with E-state index in [0.29, 0.717) is 11.7 Å². The van der Waals surface area contributed by atoms with Crippen molar-refractivity contribution in [2.24, 2.45) is 0 Å². The van der Waals surface area contributed by atoms with E-state index >= 15 is 0 Å². The van der Waals surface area contributed by atoms with Gasteiger partial charge in [0.05, 0.1) is 5.69 Å². The number of nitrogens with one attached hydrogen (secondary N) is 3. The third-order valence-electron chi connectivity index (χ3n) is 5.84. The van der Waals surface area contributed by atoms with Crippen LogP contribution in [0.2, 0.25) is 0 Å². The van der Waals surface area contributed by atoms with Crippen LogP contribution in [0.25, 0.3) is 0 Å². The molecular weight excluding hydrogens is 502 g/mol. The van der Waals surface area contributed by atoms with Crippen LogP contribution in [0.3, 0.4) is 0 Å². The second-order valence-electron chi connectivity index (χ2n) is 8.50. The molecule has 33 heavy (non-hydrogen) atoms. The SMILES string of the molecule is Cc1nc(N2CCNCC2)ncc1CNC(=O)Nc1nc(C(C)(C)c2ccc(Br)cc2)cs1. The van der Waals surface area contributed by atoms with Crippen molar-refractivity contribution in [2.75, 3.05) is 36.4 Å². The van der Waals surface area contributed by atoms with Crippen molar-refractivity contribution in [1.82, 2.24) is 25.6 Å². The molecule has 1 saturated heterocycles. The Kier molecular flexibility index (Phi) is 7.26. The molecule has 1 aliphatic rings. The number of anilines is 2. The van der Waals surface area contributed by atoms with Crippen molar-refractivity contribution >= 4 is 44.4 Å². The lowest BCUT2D eigenvalue weighted by Gasteiger charge is -2.27. The highest BCUT2D eigenvalue weighted by Crippen LogP contribution is 2.34. The number of thiazole rings is 1. The molecule has 3 N–H and O–H groups in total. The summed E-state index contributed by atoms with van der Waals surface area (Å²) >= 11 is 4.89. The Labute approximate surface area is 206 Å². The number of carbonyl (C=O) groups excluding carboxylic acids is 1. The minimum atomic E-state index is -0.303. The zero-order valence-corrected chi connectivity index (χ0v) is 21.4. The van der Waals surface area contributed by atoms with Gasteiger partial charge < -0.3 is 15.5 Å². The van der Waals surface area contributed by atoms with Crippen molar-refractivity contribution < 1.29 is 4.79 Å². The summed E-state index contributed by atoms with van der Waals surface area (Å²) in [7, 11) is 0. The van der Waals surface area contributed by atoms with Crippen LogP contribution >= 0.6 is 27.3 Å². The molecule has 1 fully saturated rings. The van der Waals surface area contributed by atoms with Gasteiger partial charge in [-0.15, -0.1) is 11.3 Å². The minimum absolute atomic E-state index is 0.270. The smallest absolute Gasteiger partial charge is 0.321 e. The monoisotopic (exact) mass is 529 g/mol. The minimum Gasteiger partial charge on any atom is -0.338 e. The van der Waals surface area contributed by atoms with Gasteiger partial charge in [-0.05, 0) is 24.6 Å². The van der Waals surface area contributed by atoms with Gasteiger partial charge in [-0.25, -0.2) is 19.7 Å². The highest BCUT2D eigenvalue weighted by molar-refractivity contribution is 9.10. The van der Waals surface area contributed by atoms with E-state index < -0.39 is 0 Å². The Morgan fingerprint density at radius 1 is 1.21 bits per heavy atom. The summed E-state index contributed by atoms with van der Waals surface area (Å²) in [5.74, 6) is 0.742. The second-order valence-corrected chi connectivity index (χ2v) is 10.3. The average Bonchev–Trinajstić information content (AvgIpc) is 3.28. The standard InChI is InChI=1S/C23H28BrN7OS/c1-15-16(12-26-20(28-15)31-10-8-25-9-11-31)13-27-21(32)30-22-29-19(14-33-22)23(2,3)17-4-6-18(24)7-5-17/h4-7,12,14,25H,8-11,13H2,1-3H3,(H2,27,29,30,32). The van der Waals surface area contributed by atoms with E-state index in [1.807, 2.05) is 24.4 Å². The predicted molar refractivity (Wildman–Crippen MR) is 136 cm³/mol. The van der Waals surface area contributed by atoms with Gasteiger partial charge in [0.15, 0.2) is 5.13 Å². The van der Waals surface area contributed by atoms with Crippen molar-refractivity contribution in [3.8, 4) is 0 Å². The molecule has 8 nitrogen and oxygen atoms in total. The molecule has 3 heterocycles. The van der Waals surface area contributed by atoms with E-state index in [0.717, 1.165) is 59.1 Å². The van der Waals surface area contributed by atoms with Gasteiger partial charge in [0.2, 0.25) is 5.95 Å². The van der Waals surface area contributed by atoms with Crippen LogP contribution in [0.15, 0.2) is 40.3 Å². The molecular formula is C23H28BrN7OS. The Bertz CT molecular complexity index is 1110. The first-order valence-corrected chi connectivity index (χ1v) is 12.6. The summed E-state index contributed by atoms with van der Waals surface area (Å²) < 4.78 is 1.04.